The van der Waals surface area contributed by atoms with Crippen molar-refractivity contribution in [2.45, 2.75) is 13.0 Å². The summed E-state index contributed by atoms with van der Waals surface area (Å²) < 4.78 is 0.866. The van der Waals surface area contributed by atoms with Crippen LogP contribution < -0.4 is 5.32 Å². The van der Waals surface area contributed by atoms with E-state index >= 15 is 0 Å². The highest BCUT2D eigenvalue weighted by atomic mass is 127. The van der Waals surface area contributed by atoms with Crippen LogP contribution in [-0.4, -0.2) is 22.0 Å². The van der Waals surface area contributed by atoms with Crippen LogP contribution in [0.1, 0.15) is 38.8 Å². The molecule has 1 atom stereocenters. The smallest absolute Gasteiger partial charge is 0.355 e. The van der Waals surface area contributed by atoms with Crippen molar-refractivity contribution in [2.75, 3.05) is 0 Å². The summed E-state index contributed by atoms with van der Waals surface area (Å²) in [6, 6.07) is 4.65. The first kappa shape index (κ1) is 16.2. The van der Waals surface area contributed by atoms with Gasteiger partial charge >= 0.3 is 5.97 Å². The van der Waals surface area contributed by atoms with Gasteiger partial charge in [0.05, 0.1) is 11.1 Å². The molecule has 0 saturated carbocycles. The van der Waals surface area contributed by atoms with E-state index in [-0.39, 0.29) is 17.6 Å². The van der Waals surface area contributed by atoms with Crippen LogP contribution in [0.2, 0.25) is 5.02 Å². The molecule has 0 aliphatic rings. The van der Waals surface area contributed by atoms with Crippen molar-refractivity contribution in [1.29, 1.82) is 0 Å². The van der Waals surface area contributed by atoms with E-state index < -0.39 is 5.97 Å². The minimum Gasteiger partial charge on any atom is -0.476 e. The third-order valence-electron chi connectivity index (χ3n) is 2.64. The lowest BCUT2D eigenvalue weighted by atomic mass is 10.2. The van der Waals surface area contributed by atoms with Crippen LogP contribution in [0, 0.1) is 3.57 Å². The zero-order valence-electron chi connectivity index (χ0n) is 10.8. The predicted octanol–water partition coefficient (Wildman–Crippen LogP) is 3.59. The Kier molecular flexibility index (Phi) is 5.17. The molecule has 8 heteroatoms. The number of carbonyl (C=O) groups is 2. The summed E-state index contributed by atoms with van der Waals surface area (Å²) in [6.07, 6.45) is 0. The van der Waals surface area contributed by atoms with Crippen molar-refractivity contribution < 1.29 is 14.7 Å². The first-order valence-electron chi connectivity index (χ1n) is 5.83. The molecule has 2 rings (SSSR count). The molecule has 0 bridgehead atoms. The lowest BCUT2D eigenvalue weighted by Crippen LogP contribution is -2.26. The molecule has 5 nitrogen and oxygen atoms in total. The molecule has 21 heavy (non-hydrogen) atoms. The largest absolute Gasteiger partial charge is 0.476 e. The molecule has 0 spiro atoms. The predicted molar refractivity (Wildman–Crippen MR) is 89.1 cm³/mol. The number of carboxylic acids is 1. The average Bonchev–Trinajstić information content (AvgIpc) is 2.91. The second kappa shape index (κ2) is 6.71. The number of nitrogens with one attached hydrogen (secondary N) is 1. The van der Waals surface area contributed by atoms with Gasteiger partial charge < -0.3 is 10.4 Å². The molecule has 1 aromatic carbocycles. The van der Waals surface area contributed by atoms with E-state index in [9.17, 15) is 9.59 Å². The van der Waals surface area contributed by atoms with Gasteiger partial charge in [0.15, 0.2) is 5.69 Å². The van der Waals surface area contributed by atoms with Gasteiger partial charge in [0.2, 0.25) is 0 Å². The zero-order valence-corrected chi connectivity index (χ0v) is 14.5. The van der Waals surface area contributed by atoms with Crippen LogP contribution in [0.25, 0.3) is 0 Å². The molecule has 0 fully saturated rings. The topological polar surface area (TPSA) is 79.3 Å². The number of hydrogen-bond acceptors (Lipinski definition) is 4. The Morgan fingerprint density at radius 2 is 2.19 bits per heavy atom. The molecule has 1 heterocycles. The van der Waals surface area contributed by atoms with Gasteiger partial charge in [-0.3, -0.25) is 4.79 Å². The molecule has 2 aromatic rings. The Morgan fingerprint density at radius 3 is 2.76 bits per heavy atom. The summed E-state index contributed by atoms with van der Waals surface area (Å²) in [7, 11) is 0. The zero-order chi connectivity index (χ0) is 15.6. The van der Waals surface area contributed by atoms with E-state index in [4.69, 9.17) is 16.7 Å². The molecule has 1 aromatic heterocycles. The van der Waals surface area contributed by atoms with Crippen LogP contribution >= 0.6 is 45.5 Å². The fourth-order valence-electron chi connectivity index (χ4n) is 1.56. The number of amides is 1. The summed E-state index contributed by atoms with van der Waals surface area (Å²) in [4.78, 5) is 26.9. The average molecular weight is 437 g/mol. The van der Waals surface area contributed by atoms with Gasteiger partial charge in [0.1, 0.15) is 5.01 Å². The number of aromatic nitrogens is 1. The number of thiazole rings is 1. The molecule has 0 aliphatic carbocycles. The van der Waals surface area contributed by atoms with E-state index in [0.717, 1.165) is 3.57 Å². The number of rotatable bonds is 4. The molecule has 0 radical (unpaired) electrons. The van der Waals surface area contributed by atoms with Crippen LogP contribution in [-0.2, 0) is 0 Å². The van der Waals surface area contributed by atoms with Gasteiger partial charge in [-0.25, -0.2) is 9.78 Å². The molecule has 2 N–H and O–H groups in total. The number of benzene rings is 1. The lowest BCUT2D eigenvalue weighted by molar-refractivity contribution is 0.0691. The van der Waals surface area contributed by atoms with Crippen LogP contribution in [0.4, 0.5) is 0 Å². The Morgan fingerprint density at radius 1 is 1.48 bits per heavy atom. The van der Waals surface area contributed by atoms with E-state index in [1.54, 1.807) is 25.1 Å². The lowest BCUT2D eigenvalue weighted by Gasteiger charge is -2.11. The normalized spacial score (nSPS) is 12.0. The number of carboxylic acid groups (broad SMARTS) is 1. The van der Waals surface area contributed by atoms with Crippen molar-refractivity contribution in [3.8, 4) is 0 Å². The molecular formula is C13H10ClIN2O3S. The molecule has 0 aliphatic heterocycles. The fraction of sp³-hybridized carbons (Fsp3) is 0.154. The second-order valence-electron chi connectivity index (χ2n) is 4.20. The molecule has 0 saturated heterocycles. The number of aromatic carboxylic acids is 1. The quantitative estimate of drug-likeness (QED) is 0.718. The minimum absolute atomic E-state index is 0.0200. The van der Waals surface area contributed by atoms with E-state index in [1.165, 1.54) is 16.7 Å². The summed E-state index contributed by atoms with van der Waals surface area (Å²) in [6.45, 7) is 1.75. The van der Waals surface area contributed by atoms with Crippen LogP contribution in [0.3, 0.4) is 0 Å². The minimum atomic E-state index is -1.08. The van der Waals surface area contributed by atoms with Gasteiger partial charge in [-0.15, -0.1) is 11.3 Å². The third kappa shape index (κ3) is 3.92. The SMILES string of the molecule is CC(NC(=O)c1ccc(I)c(Cl)c1)c1nc(C(=O)O)cs1. The number of hydrogen-bond donors (Lipinski definition) is 2. The Balaban J connectivity index is 2.10. The van der Waals surface area contributed by atoms with Gasteiger partial charge in [0, 0.05) is 14.5 Å². The second-order valence-corrected chi connectivity index (χ2v) is 6.66. The van der Waals surface area contributed by atoms with E-state index in [0.29, 0.717) is 15.6 Å². The highest BCUT2D eigenvalue weighted by molar-refractivity contribution is 14.1. The van der Waals surface area contributed by atoms with Gasteiger partial charge in [-0.2, -0.15) is 0 Å². The van der Waals surface area contributed by atoms with Crippen molar-refractivity contribution in [3.63, 3.8) is 0 Å². The van der Waals surface area contributed by atoms with E-state index in [2.05, 4.69) is 32.9 Å². The fourth-order valence-corrected chi connectivity index (χ4v) is 2.88. The maximum atomic E-state index is 12.1. The van der Waals surface area contributed by atoms with Crippen LogP contribution in [0.5, 0.6) is 0 Å². The monoisotopic (exact) mass is 436 g/mol. The molecule has 1 unspecified atom stereocenters. The maximum absolute atomic E-state index is 12.1. The van der Waals surface area contributed by atoms with Crippen LogP contribution in [0.15, 0.2) is 23.6 Å². The summed E-state index contributed by atoms with van der Waals surface area (Å²) in [5.74, 6) is -1.37. The Bertz CT molecular complexity index is 704. The van der Waals surface area contributed by atoms with Gasteiger partial charge in [-0.05, 0) is 47.7 Å². The summed E-state index contributed by atoms with van der Waals surface area (Å²) in [5.41, 5.74) is 0.427. The molecule has 110 valence electrons. The van der Waals surface area contributed by atoms with Crippen molar-refractivity contribution >= 4 is 57.4 Å². The third-order valence-corrected chi connectivity index (χ3v) is 5.24. The Hall–Kier alpha value is -1.19. The van der Waals surface area contributed by atoms with Crippen molar-refractivity contribution in [2.24, 2.45) is 0 Å². The first-order valence-corrected chi connectivity index (χ1v) is 8.16. The standard InChI is InChI=1S/C13H10ClIN2O3S/c1-6(12-17-10(5-21-12)13(19)20)16-11(18)7-2-3-9(15)8(14)4-7/h2-6H,1H3,(H,16,18)(H,19,20). The number of nitrogens with zero attached hydrogens (tertiary/aromatic N) is 1. The van der Waals surface area contributed by atoms with Gasteiger partial charge in [0.25, 0.3) is 5.91 Å². The van der Waals surface area contributed by atoms with Crippen molar-refractivity contribution in [1.82, 2.24) is 10.3 Å². The summed E-state index contributed by atoms with van der Waals surface area (Å²) >= 11 is 9.26. The number of halogens is 2. The molecule has 1 amide bonds. The van der Waals surface area contributed by atoms with Crippen molar-refractivity contribution in [3.05, 3.63) is 48.4 Å². The Labute approximate surface area is 143 Å². The van der Waals surface area contributed by atoms with E-state index in [1.807, 2.05) is 0 Å². The summed E-state index contributed by atoms with van der Waals surface area (Å²) in [5, 5.41) is 14.1. The van der Waals surface area contributed by atoms with Gasteiger partial charge in [-0.1, -0.05) is 11.6 Å². The first-order chi connectivity index (χ1) is 9.88. The molecular weight excluding hydrogens is 427 g/mol. The highest BCUT2D eigenvalue weighted by Gasteiger charge is 2.17. The highest BCUT2D eigenvalue weighted by Crippen LogP contribution is 2.21. The maximum Gasteiger partial charge on any atom is 0.355 e. The number of carbonyl (C=O) groups excluding carboxylic acids is 1.